The van der Waals surface area contributed by atoms with E-state index in [9.17, 15) is 9.59 Å². The van der Waals surface area contributed by atoms with Crippen molar-refractivity contribution in [2.24, 2.45) is 11.8 Å². The third-order valence-electron chi connectivity index (χ3n) is 5.78. The van der Waals surface area contributed by atoms with Crippen molar-refractivity contribution in [3.8, 4) is 11.5 Å². The fourth-order valence-electron chi connectivity index (χ4n) is 4.13. The van der Waals surface area contributed by atoms with Crippen LogP contribution in [0.25, 0.3) is 0 Å². The van der Waals surface area contributed by atoms with Gasteiger partial charge in [-0.3, -0.25) is 9.59 Å². The lowest BCUT2D eigenvalue weighted by Gasteiger charge is -2.34. The second-order valence-corrected chi connectivity index (χ2v) is 7.49. The maximum absolute atomic E-state index is 12.7. The van der Waals surface area contributed by atoms with Crippen molar-refractivity contribution in [2.45, 2.75) is 44.9 Å². The number of ether oxygens (including phenoxy) is 2. The van der Waals surface area contributed by atoms with Crippen LogP contribution in [0.4, 0.5) is 5.69 Å². The van der Waals surface area contributed by atoms with E-state index in [1.807, 2.05) is 4.90 Å². The molecule has 1 heterocycles. The highest BCUT2D eigenvalue weighted by molar-refractivity contribution is 5.93. The van der Waals surface area contributed by atoms with E-state index in [1.54, 1.807) is 32.4 Å². The van der Waals surface area contributed by atoms with Gasteiger partial charge in [-0.15, -0.1) is 0 Å². The number of amides is 2. The fourth-order valence-corrected chi connectivity index (χ4v) is 4.13. The van der Waals surface area contributed by atoms with Crippen molar-refractivity contribution < 1.29 is 19.1 Å². The summed E-state index contributed by atoms with van der Waals surface area (Å²) in [5.74, 6) is 1.66. The Labute approximate surface area is 161 Å². The summed E-state index contributed by atoms with van der Waals surface area (Å²) in [5.41, 5.74) is 0.693. The summed E-state index contributed by atoms with van der Waals surface area (Å²) < 4.78 is 10.5. The van der Waals surface area contributed by atoms with Gasteiger partial charge in [-0.2, -0.15) is 0 Å². The highest BCUT2D eigenvalue weighted by atomic mass is 16.5. The minimum atomic E-state index is -0.0616. The van der Waals surface area contributed by atoms with Crippen LogP contribution in [0.5, 0.6) is 11.5 Å². The molecule has 1 N–H and O–H groups in total. The molecule has 1 aromatic carbocycles. The van der Waals surface area contributed by atoms with Crippen LogP contribution in [0.15, 0.2) is 18.2 Å². The molecular formula is C21H30N2O4. The monoisotopic (exact) mass is 374 g/mol. The first-order chi connectivity index (χ1) is 13.1. The van der Waals surface area contributed by atoms with E-state index in [0.717, 1.165) is 25.7 Å². The molecule has 0 bridgehead atoms. The largest absolute Gasteiger partial charge is 0.493 e. The van der Waals surface area contributed by atoms with Gasteiger partial charge in [-0.05, 0) is 37.8 Å². The van der Waals surface area contributed by atoms with Crippen LogP contribution in [-0.2, 0) is 9.59 Å². The third kappa shape index (κ3) is 4.73. The Morgan fingerprint density at radius 1 is 0.926 bits per heavy atom. The molecule has 6 nitrogen and oxygen atoms in total. The van der Waals surface area contributed by atoms with Crippen LogP contribution in [0.1, 0.15) is 44.9 Å². The van der Waals surface area contributed by atoms with Gasteiger partial charge in [0.2, 0.25) is 11.8 Å². The van der Waals surface area contributed by atoms with Gasteiger partial charge in [0.05, 0.1) is 14.2 Å². The lowest BCUT2D eigenvalue weighted by Crippen LogP contribution is -2.44. The molecule has 1 aliphatic carbocycles. The third-order valence-corrected chi connectivity index (χ3v) is 5.78. The maximum atomic E-state index is 12.7. The lowest BCUT2D eigenvalue weighted by atomic mass is 9.87. The van der Waals surface area contributed by atoms with Gasteiger partial charge in [0.25, 0.3) is 0 Å². The summed E-state index contributed by atoms with van der Waals surface area (Å²) in [6, 6.07) is 5.35. The highest BCUT2D eigenvalue weighted by Gasteiger charge is 2.31. The summed E-state index contributed by atoms with van der Waals surface area (Å²) in [6.07, 6.45) is 7.08. The molecule has 1 saturated carbocycles. The van der Waals surface area contributed by atoms with E-state index in [1.165, 1.54) is 19.3 Å². The number of rotatable bonds is 5. The summed E-state index contributed by atoms with van der Waals surface area (Å²) >= 11 is 0. The summed E-state index contributed by atoms with van der Waals surface area (Å²) in [6.45, 7) is 1.36. The van der Waals surface area contributed by atoms with E-state index in [4.69, 9.17) is 9.47 Å². The van der Waals surface area contributed by atoms with Crippen molar-refractivity contribution in [1.82, 2.24) is 4.90 Å². The quantitative estimate of drug-likeness (QED) is 0.857. The SMILES string of the molecule is COc1ccc(NC(=O)C2CCN(C(=O)C3CCCCC3)CC2)cc1OC. The van der Waals surface area contributed by atoms with Crippen LogP contribution in [-0.4, -0.2) is 44.0 Å². The van der Waals surface area contributed by atoms with Gasteiger partial charge in [0.1, 0.15) is 0 Å². The molecule has 0 unspecified atom stereocenters. The van der Waals surface area contributed by atoms with E-state index in [-0.39, 0.29) is 17.7 Å². The number of anilines is 1. The van der Waals surface area contributed by atoms with Crippen LogP contribution in [0, 0.1) is 11.8 Å². The number of carbonyl (C=O) groups excluding carboxylic acids is 2. The molecule has 0 atom stereocenters. The molecule has 6 heteroatoms. The number of carbonyl (C=O) groups is 2. The Balaban J connectivity index is 1.52. The topological polar surface area (TPSA) is 67.9 Å². The van der Waals surface area contributed by atoms with Gasteiger partial charge in [-0.1, -0.05) is 19.3 Å². The van der Waals surface area contributed by atoms with Crippen LogP contribution in [0.2, 0.25) is 0 Å². The van der Waals surface area contributed by atoms with Gasteiger partial charge in [0, 0.05) is 36.7 Å². The van der Waals surface area contributed by atoms with Crippen LogP contribution >= 0.6 is 0 Å². The van der Waals surface area contributed by atoms with Crippen molar-refractivity contribution >= 4 is 17.5 Å². The number of piperidine rings is 1. The number of benzene rings is 1. The Bertz CT molecular complexity index is 662. The van der Waals surface area contributed by atoms with Crippen LogP contribution in [0.3, 0.4) is 0 Å². The normalized spacial score (nSPS) is 18.8. The smallest absolute Gasteiger partial charge is 0.227 e. The first-order valence-electron chi connectivity index (χ1n) is 9.94. The predicted octanol–water partition coefficient (Wildman–Crippen LogP) is 3.46. The molecule has 2 amide bonds. The average Bonchev–Trinajstić information content (AvgIpc) is 2.73. The van der Waals surface area contributed by atoms with Gasteiger partial charge >= 0.3 is 0 Å². The average molecular weight is 374 g/mol. The van der Waals surface area contributed by atoms with Gasteiger partial charge < -0.3 is 19.7 Å². The van der Waals surface area contributed by atoms with Crippen molar-refractivity contribution in [1.29, 1.82) is 0 Å². The first-order valence-corrected chi connectivity index (χ1v) is 9.94. The van der Waals surface area contributed by atoms with Crippen molar-refractivity contribution in [3.63, 3.8) is 0 Å². The number of nitrogens with zero attached hydrogens (tertiary/aromatic N) is 1. The van der Waals surface area contributed by atoms with E-state index in [0.29, 0.717) is 36.2 Å². The minimum absolute atomic E-state index is 0.00647. The van der Waals surface area contributed by atoms with E-state index >= 15 is 0 Å². The highest BCUT2D eigenvalue weighted by Crippen LogP contribution is 2.31. The summed E-state index contributed by atoms with van der Waals surface area (Å²) in [5, 5.41) is 2.97. The lowest BCUT2D eigenvalue weighted by molar-refractivity contribution is -0.139. The van der Waals surface area contributed by atoms with E-state index in [2.05, 4.69) is 5.32 Å². The molecule has 3 rings (SSSR count). The maximum Gasteiger partial charge on any atom is 0.227 e. The minimum Gasteiger partial charge on any atom is -0.493 e. The Kier molecular flexibility index (Phi) is 6.58. The van der Waals surface area contributed by atoms with Crippen LogP contribution < -0.4 is 14.8 Å². The molecule has 1 aliphatic heterocycles. The van der Waals surface area contributed by atoms with Gasteiger partial charge in [-0.25, -0.2) is 0 Å². The number of hydrogen-bond acceptors (Lipinski definition) is 4. The molecular weight excluding hydrogens is 344 g/mol. The number of nitrogens with one attached hydrogen (secondary N) is 1. The Hall–Kier alpha value is -2.24. The first kappa shape index (κ1) is 19.5. The van der Waals surface area contributed by atoms with Crippen molar-refractivity contribution in [2.75, 3.05) is 32.6 Å². The number of methoxy groups -OCH3 is 2. The summed E-state index contributed by atoms with van der Waals surface area (Å²) in [4.78, 5) is 27.2. The zero-order valence-electron chi connectivity index (χ0n) is 16.3. The molecule has 0 radical (unpaired) electrons. The molecule has 1 saturated heterocycles. The molecule has 2 fully saturated rings. The fraction of sp³-hybridized carbons (Fsp3) is 0.619. The zero-order chi connectivity index (χ0) is 19.2. The standard InChI is InChI=1S/C21H30N2O4/c1-26-18-9-8-17(14-19(18)27-2)22-20(24)15-10-12-23(13-11-15)21(25)16-6-4-3-5-7-16/h8-9,14-16H,3-7,10-13H2,1-2H3,(H,22,24). The van der Waals surface area contributed by atoms with Gasteiger partial charge in [0.15, 0.2) is 11.5 Å². The molecule has 27 heavy (non-hydrogen) atoms. The Morgan fingerprint density at radius 2 is 1.59 bits per heavy atom. The summed E-state index contributed by atoms with van der Waals surface area (Å²) in [7, 11) is 3.15. The number of likely N-dealkylation sites (tertiary alicyclic amines) is 1. The molecule has 0 spiro atoms. The number of hydrogen-bond donors (Lipinski definition) is 1. The van der Waals surface area contributed by atoms with Crippen molar-refractivity contribution in [3.05, 3.63) is 18.2 Å². The predicted molar refractivity (Wildman–Crippen MR) is 104 cm³/mol. The zero-order valence-corrected chi connectivity index (χ0v) is 16.3. The molecule has 2 aliphatic rings. The van der Waals surface area contributed by atoms with E-state index < -0.39 is 0 Å². The second-order valence-electron chi connectivity index (χ2n) is 7.49. The Morgan fingerprint density at radius 3 is 2.22 bits per heavy atom. The molecule has 1 aromatic rings. The molecule has 0 aromatic heterocycles. The second kappa shape index (κ2) is 9.11. The molecule has 148 valence electrons.